The summed E-state index contributed by atoms with van der Waals surface area (Å²) in [6.07, 6.45) is 1.03. The number of hydrogen-bond acceptors (Lipinski definition) is 5. The molecular formula is C24H30N4O3. The molecule has 4 rings (SSSR count). The molecule has 0 radical (unpaired) electrons. The average molecular weight is 423 g/mol. The lowest BCUT2D eigenvalue weighted by Gasteiger charge is -2.27. The topological polar surface area (TPSA) is 68.6 Å². The van der Waals surface area contributed by atoms with Crippen molar-refractivity contribution in [3.63, 3.8) is 0 Å². The maximum atomic E-state index is 12.2. The number of hydrogen-bond donors (Lipinski definition) is 1. The third-order valence-electron chi connectivity index (χ3n) is 5.49. The number of imidazole rings is 1. The second-order valence-corrected chi connectivity index (χ2v) is 7.63. The summed E-state index contributed by atoms with van der Waals surface area (Å²) in [5.74, 6) is 1.78. The van der Waals surface area contributed by atoms with Crippen LogP contribution in [-0.2, 0) is 22.5 Å². The molecule has 2 aromatic carbocycles. The molecule has 3 aromatic rings. The molecule has 1 aliphatic rings. The third kappa shape index (κ3) is 6.06. The largest absolute Gasteiger partial charge is 0.493 e. The van der Waals surface area contributed by atoms with E-state index in [0.717, 1.165) is 62.0 Å². The fourth-order valence-corrected chi connectivity index (χ4v) is 3.81. The molecule has 0 atom stereocenters. The van der Waals surface area contributed by atoms with Crippen LogP contribution in [0.15, 0.2) is 54.6 Å². The van der Waals surface area contributed by atoms with E-state index in [1.54, 1.807) is 0 Å². The number of nitrogens with one attached hydrogen (secondary N) is 1. The Balaban J connectivity index is 1.28. The molecule has 31 heavy (non-hydrogen) atoms. The number of rotatable bonds is 10. The number of carbonyl (C=O) groups excluding carboxylic acids is 1. The Morgan fingerprint density at radius 2 is 1.81 bits per heavy atom. The summed E-state index contributed by atoms with van der Waals surface area (Å²) >= 11 is 0. The van der Waals surface area contributed by atoms with Gasteiger partial charge in [-0.3, -0.25) is 9.69 Å². The fourth-order valence-electron chi connectivity index (χ4n) is 3.81. The van der Waals surface area contributed by atoms with Crippen molar-refractivity contribution in [3.8, 4) is 5.75 Å². The zero-order valence-corrected chi connectivity index (χ0v) is 17.8. The molecule has 164 valence electrons. The van der Waals surface area contributed by atoms with Gasteiger partial charge in [-0.1, -0.05) is 30.3 Å². The molecular weight excluding hydrogens is 392 g/mol. The minimum atomic E-state index is -0.00749. The second kappa shape index (κ2) is 10.9. The fraction of sp³-hybridized carbons (Fsp3) is 0.417. The van der Waals surface area contributed by atoms with Crippen LogP contribution in [0.25, 0.3) is 11.0 Å². The predicted molar refractivity (Wildman–Crippen MR) is 120 cm³/mol. The Bertz CT molecular complexity index is 967. The van der Waals surface area contributed by atoms with Crippen LogP contribution >= 0.6 is 0 Å². The highest BCUT2D eigenvalue weighted by molar-refractivity contribution is 5.76. The van der Waals surface area contributed by atoms with E-state index >= 15 is 0 Å². The highest BCUT2D eigenvalue weighted by Crippen LogP contribution is 2.17. The summed E-state index contributed by atoms with van der Waals surface area (Å²) in [4.78, 5) is 19.4. The molecule has 1 aromatic heterocycles. The molecule has 0 bridgehead atoms. The van der Waals surface area contributed by atoms with Crippen LogP contribution in [0.4, 0.5) is 0 Å². The summed E-state index contributed by atoms with van der Waals surface area (Å²) in [6.45, 7) is 6.34. The first kappa shape index (κ1) is 21.3. The Kier molecular flexibility index (Phi) is 7.52. The van der Waals surface area contributed by atoms with Gasteiger partial charge in [0.05, 0.1) is 37.3 Å². The standard InChI is InChI=1S/C24H30N4O3/c29-24(11-17-31-20-6-2-1-3-7-20)25-12-10-23-26-21-8-4-5-9-22(21)28(23)14-13-27-15-18-30-19-16-27/h1-9H,10-19H2,(H,25,29). The molecule has 0 aliphatic carbocycles. The molecule has 0 saturated carbocycles. The van der Waals surface area contributed by atoms with Crippen molar-refractivity contribution in [3.05, 3.63) is 60.4 Å². The van der Waals surface area contributed by atoms with Crippen LogP contribution < -0.4 is 10.1 Å². The lowest BCUT2D eigenvalue weighted by Crippen LogP contribution is -2.38. The van der Waals surface area contributed by atoms with Crippen molar-refractivity contribution in [1.29, 1.82) is 0 Å². The van der Waals surface area contributed by atoms with Crippen molar-refractivity contribution in [2.75, 3.05) is 46.0 Å². The van der Waals surface area contributed by atoms with Gasteiger partial charge in [0.15, 0.2) is 0 Å². The Hall–Kier alpha value is -2.90. The SMILES string of the molecule is O=C(CCOc1ccccc1)NCCc1nc2ccccc2n1CCN1CCOCC1. The molecule has 7 heteroatoms. The van der Waals surface area contributed by atoms with E-state index in [1.807, 2.05) is 48.5 Å². The smallest absolute Gasteiger partial charge is 0.223 e. The van der Waals surface area contributed by atoms with E-state index in [4.69, 9.17) is 14.5 Å². The maximum absolute atomic E-state index is 12.2. The summed E-state index contributed by atoms with van der Waals surface area (Å²) in [5.41, 5.74) is 2.15. The van der Waals surface area contributed by atoms with Gasteiger partial charge in [-0.2, -0.15) is 0 Å². The second-order valence-electron chi connectivity index (χ2n) is 7.63. The van der Waals surface area contributed by atoms with E-state index < -0.39 is 0 Å². The molecule has 7 nitrogen and oxygen atoms in total. The van der Waals surface area contributed by atoms with Crippen LogP contribution in [0, 0.1) is 0 Å². The number of ether oxygens (including phenoxy) is 2. The van der Waals surface area contributed by atoms with E-state index in [1.165, 1.54) is 0 Å². The lowest BCUT2D eigenvalue weighted by molar-refractivity contribution is -0.121. The van der Waals surface area contributed by atoms with Crippen molar-refractivity contribution < 1.29 is 14.3 Å². The number of carbonyl (C=O) groups is 1. The molecule has 1 saturated heterocycles. The molecule has 0 spiro atoms. The molecule has 1 fully saturated rings. The van der Waals surface area contributed by atoms with Crippen LogP contribution in [-0.4, -0.2) is 66.4 Å². The quantitative estimate of drug-likeness (QED) is 0.544. The molecule has 2 heterocycles. The highest BCUT2D eigenvalue weighted by atomic mass is 16.5. The van der Waals surface area contributed by atoms with E-state index in [0.29, 0.717) is 26.0 Å². The summed E-state index contributed by atoms with van der Waals surface area (Å²) in [6, 6.07) is 17.8. The van der Waals surface area contributed by atoms with Gasteiger partial charge >= 0.3 is 0 Å². The highest BCUT2D eigenvalue weighted by Gasteiger charge is 2.14. The molecule has 1 aliphatic heterocycles. The number of morpholine rings is 1. The third-order valence-corrected chi connectivity index (χ3v) is 5.49. The molecule has 0 unspecified atom stereocenters. The van der Waals surface area contributed by atoms with Gasteiger partial charge in [0.2, 0.25) is 5.91 Å². The van der Waals surface area contributed by atoms with Gasteiger partial charge in [0.1, 0.15) is 11.6 Å². The van der Waals surface area contributed by atoms with Crippen LogP contribution in [0.2, 0.25) is 0 Å². The van der Waals surface area contributed by atoms with Crippen LogP contribution in [0.3, 0.4) is 0 Å². The van der Waals surface area contributed by atoms with E-state index in [-0.39, 0.29) is 5.91 Å². The number of benzene rings is 2. The van der Waals surface area contributed by atoms with Crippen molar-refractivity contribution in [2.24, 2.45) is 0 Å². The van der Waals surface area contributed by atoms with E-state index in [9.17, 15) is 4.79 Å². The van der Waals surface area contributed by atoms with Crippen LogP contribution in [0.1, 0.15) is 12.2 Å². The monoisotopic (exact) mass is 422 g/mol. The minimum Gasteiger partial charge on any atom is -0.493 e. The number of amides is 1. The number of nitrogens with zero attached hydrogens (tertiary/aromatic N) is 3. The molecule has 1 amide bonds. The summed E-state index contributed by atoms with van der Waals surface area (Å²) in [7, 11) is 0. The van der Waals surface area contributed by atoms with Crippen molar-refractivity contribution in [1.82, 2.24) is 19.8 Å². The summed E-state index contributed by atoms with van der Waals surface area (Å²) in [5, 5.41) is 3.00. The van der Waals surface area contributed by atoms with Gasteiger partial charge in [0.25, 0.3) is 0 Å². The first-order valence-electron chi connectivity index (χ1n) is 11.0. The van der Waals surface area contributed by atoms with Gasteiger partial charge < -0.3 is 19.4 Å². The molecule has 1 N–H and O–H groups in total. The Morgan fingerprint density at radius 3 is 2.65 bits per heavy atom. The zero-order chi connectivity index (χ0) is 21.3. The Morgan fingerprint density at radius 1 is 1.03 bits per heavy atom. The maximum Gasteiger partial charge on any atom is 0.223 e. The Labute approximate surface area is 183 Å². The zero-order valence-electron chi connectivity index (χ0n) is 17.8. The van der Waals surface area contributed by atoms with Crippen LogP contribution in [0.5, 0.6) is 5.75 Å². The van der Waals surface area contributed by atoms with Crippen molar-refractivity contribution in [2.45, 2.75) is 19.4 Å². The summed E-state index contributed by atoms with van der Waals surface area (Å²) < 4.78 is 13.3. The van der Waals surface area contributed by atoms with E-state index in [2.05, 4.69) is 20.9 Å². The normalized spacial score (nSPS) is 14.6. The van der Waals surface area contributed by atoms with Crippen molar-refractivity contribution >= 4 is 16.9 Å². The number of para-hydroxylation sites is 3. The lowest BCUT2D eigenvalue weighted by atomic mass is 10.3. The average Bonchev–Trinajstić information content (AvgIpc) is 3.16. The predicted octanol–water partition coefficient (Wildman–Crippen LogP) is 2.50. The number of aromatic nitrogens is 2. The van der Waals surface area contributed by atoms with Gasteiger partial charge in [-0.15, -0.1) is 0 Å². The number of fused-ring (bicyclic) bond motifs is 1. The first-order valence-corrected chi connectivity index (χ1v) is 11.0. The van der Waals surface area contributed by atoms with Gasteiger partial charge in [0, 0.05) is 39.1 Å². The van der Waals surface area contributed by atoms with Gasteiger partial charge in [-0.05, 0) is 24.3 Å². The minimum absolute atomic E-state index is 0.00749. The first-order chi connectivity index (χ1) is 15.3. The van der Waals surface area contributed by atoms with Gasteiger partial charge in [-0.25, -0.2) is 4.98 Å².